The second-order valence-electron chi connectivity index (χ2n) is 2.44. The van der Waals surface area contributed by atoms with Crippen molar-refractivity contribution in [1.82, 2.24) is 0 Å². The molecule has 0 saturated carbocycles. The molecule has 1 rings (SSSR count). The number of benzene rings is 1. The fraction of sp³-hybridized carbons (Fsp3) is 0.200. The topological polar surface area (TPSA) is 26.0 Å². The van der Waals surface area contributed by atoms with Crippen LogP contribution in [0.1, 0.15) is 5.56 Å². The molecule has 0 atom stereocenters. The van der Waals surface area contributed by atoms with Gasteiger partial charge in [-0.25, -0.2) is 0 Å². The first-order valence-corrected chi connectivity index (χ1v) is 4.84. The zero-order chi connectivity index (χ0) is 8.81. The highest BCUT2D eigenvalue weighted by atomic mass is 32.2. The van der Waals surface area contributed by atoms with E-state index in [2.05, 4.69) is 5.92 Å². The number of thioether (sulfide) groups is 1. The summed E-state index contributed by atoms with van der Waals surface area (Å²) in [6.07, 6.45) is 5.13. The minimum Gasteiger partial charge on any atom is -0.399 e. The molecular weight excluding hydrogens is 166 g/mol. The van der Waals surface area contributed by atoms with Crippen LogP contribution in [0.2, 0.25) is 0 Å². The summed E-state index contributed by atoms with van der Waals surface area (Å²) < 4.78 is 0. The number of nitrogen functional groups attached to an aromatic ring is 1. The summed E-state index contributed by atoms with van der Waals surface area (Å²) in [5.41, 5.74) is 7.62. The number of rotatable bonds is 3. The van der Waals surface area contributed by atoms with Gasteiger partial charge in [-0.1, -0.05) is 18.1 Å². The Hall–Kier alpha value is -1.07. The molecule has 12 heavy (non-hydrogen) atoms. The van der Waals surface area contributed by atoms with E-state index in [1.54, 1.807) is 11.8 Å². The van der Waals surface area contributed by atoms with Gasteiger partial charge < -0.3 is 5.73 Å². The van der Waals surface area contributed by atoms with E-state index in [0.29, 0.717) is 0 Å². The highest BCUT2D eigenvalue weighted by Crippen LogP contribution is 2.12. The molecule has 1 nitrogen and oxygen atoms in total. The Labute approximate surface area is 77.4 Å². The summed E-state index contributed by atoms with van der Waals surface area (Å²) in [6.45, 7) is 0. The number of terminal acetylenes is 1. The maximum atomic E-state index is 5.54. The van der Waals surface area contributed by atoms with Gasteiger partial charge in [0.2, 0.25) is 0 Å². The highest BCUT2D eigenvalue weighted by Gasteiger charge is 1.91. The van der Waals surface area contributed by atoms with Crippen molar-refractivity contribution in [2.45, 2.75) is 5.75 Å². The van der Waals surface area contributed by atoms with Crippen LogP contribution in [0.25, 0.3) is 0 Å². The Balaban J connectivity index is 2.43. The van der Waals surface area contributed by atoms with Gasteiger partial charge in [0.05, 0.1) is 5.75 Å². The van der Waals surface area contributed by atoms with Gasteiger partial charge in [-0.15, -0.1) is 18.2 Å². The smallest absolute Gasteiger partial charge is 0.0548 e. The van der Waals surface area contributed by atoms with Crippen molar-refractivity contribution in [3.05, 3.63) is 29.8 Å². The van der Waals surface area contributed by atoms with E-state index in [9.17, 15) is 0 Å². The summed E-state index contributed by atoms with van der Waals surface area (Å²) in [5, 5.41) is 0. The van der Waals surface area contributed by atoms with Gasteiger partial charge in [0.1, 0.15) is 0 Å². The molecule has 1 aromatic rings. The lowest BCUT2D eigenvalue weighted by Crippen LogP contribution is -1.85. The molecule has 0 aliphatic carbocycles. The van der Waals surface area contributed by atoms with Gasteiger partial charge in [-0.3, -0.25) is 0 Å². The van der Waals surface area contributed by atoms with Gasteiger partial charge in [0.15, 0.2) is 0 Å². The van der Waals surface area contributed by atoms with Crippen molar-refractivity contribution in [2.75, 3.05) is 11.5 Å². The summed E-state index contributed by atoms with van der Waals surface area (Å²) in [6, 6.07) is 7.87. The lowest BCUT2D eigenvalue weighted by atomic mass is 10.2. The van der Waals surface area contributed by atoms with Crippen molar-refractivity contribution in [1.29, 1.82) is 0 Å². The Morgan fingerprint density at radius 2 is 2.00 bits per heavy atom. The van der Waals surface area contributed by atoms with Gasteiger partial charge in [-0.05, 0) is 17.7 Å². The first kappa shape index (κ1) is 9.02. The fourth-order valence-electron chi connectivity index (χ4n) is 0.842. The van der Waals surface area contributed by atoms with Crippen LogP contribution in [0.15, 0.2) is 24.3 Å². The molecule has 2 N–H and O–H groups in total. The summed E-state index contributed by atoms with van der Waals surface area (Å²) in [7, 11) is 0. The molecule has 0 unspecified atom stereocenters. The van der Waals surface area contributed by atoms with Crippen molar-refractivity contribution in [3.63, 3.8) is 0 Å². The number of hydrogen-bond acceptors (Lipinski definition) is 2. The van der Waals surface area contributed by atoms with E-state index in [1.165, 1.54) is 5.56 Å². The summed E-state index contributed by atoms with van der Waals surface area (Å²) in [4.78, 5) is 0. The van der Waals surface area contributed by atoms with E-state index in [1.807, 2.05) is 24.3 Å². The third kappa shape index (κ3) is 2.89. The predicted molar refractivity (Wildman–Crippen MR) is 55.8 cm³/mol. The molecule has 0 aliphatic rings. The number of hydrogen-bond donors (Lipinski definition) is 1. The molecule has 0 fully saturated rings. The standard InChI is InChI=1S/C10H11NS/c1-2-7-12-8-9-3-5-10(11)6-4-9/h1,3-6H,7-8,11H2. The van der Waals surface area contributed by atoms with Crippen molar-refractivity contribution >= 4 is 17.4 Å². The van der Waals surface area contributed by atoms with Crippen LogP contribution in [-0.2, 0) is 5.75 Å². The van der Waals surface area contributed by atoms with Gasteiger partial charge in [0.25, 0.3) is 0 Å². The van der Waals surface area contributed by atoms with Crippen LogP contribution in [0.3, 0.4) is 0 Å². The van der Waals surface area contributed by atoms with Crippen LogP contribution in [-0.4, -0.2) is 5.75 Å². The average molecular weight is 177 g/mol. The van der Waals surface area contributed by atoms with Crippen LogP contribution < -0.4 is 5.73 Å². The Morgan fingerprint density at radius 1 is 1.33 bits per heavy atom. The summed E-state index contributed by atoms with van der Waals surface area (Å²) in [5.74, 6) is 4.32. The molecule has 0 heterocycles. The van der Waals surface area contributed by atoms with Crippen molar-refractivity contribution in [3.8, 4) is 12.3 Å². The fourth-order valence-corrected chi connectivity index (χ4v) is 1.49. The number of nitrogens with two attached hydrogens (primary N) is 1. The Kier molecular flexibility index (Phi) is 3.56. The third-order valence-corrected chi connectivity index (χ3v) is 2.34. The molecule has 0 aromatic heterocycles. The van der Waals surface area contributed by atoms with Gasteiger partial charge in [-0.2, -0.15) is 0 Å². The molecule has 0 spiro atoms. The Bertz CT molecular complexity index is 271. The van der Waals surface area contributed by atoms with Crippen molar-refractivity contribution in [2.24, 2.45) is 0 Å². The van der Waals surface area contributed by atoms with Crippen LogP contribution in [0.4, 0.5) is 5.69 Å². The minimum absolute atomic E-state index is 0.768. The quantitative estimate of drug-likeness (QED) is 0.435. The largest absolute Gasteiger partial charge is 0.399 e. The molecule has 1 aromatic carbocycles. The second kappa shape index (κ2) is 4.74. The highest BCUT2D eigenvalue weighted by molar-refractivity contribution is 7.98. The number of anilines is 1. The third-order valence-electron chi connectivity index (χ3n) is 1.43. The maximum absolute atomic E-state index is 5.54. The monoisotopic (exact) mass is 177 g/mol. The Morgan fingerprint density at radius 3 is 2.58 bits per heavy atom. The zero-order valence-electron chi connectivity index (χ0n) is 6.79. The van der Waals surface area contributed by atoms with E-state index in [4.69, 9.17) is 12.2 Å². The first-order valence-electron chi connectivity index (χ1n) is 3.68. The predicted octanol–water partition coefficient (Wildman–Crippen LogP) is 2.14. The molecule has 0 radical (unpaired) electrons. The van der Waals surface area contributed by atoms with Crippen LogP contribution >= 0.6 is 11.8 Å². The zero-order valence-corrected chi connectivity index (χ0v) is 7.60. The molecule has 62 valence electrons. The SMILES string of the molecule is C#CCSCc1ccc(N)cc1. The lowest BCUT2D eigenvalue weighted by molar-refractivity contribution is 1.42. The summed E-state index contributed by atoms with van der Waals surface area (Å²) >= 11 is 1.74. The lowest BCUT2D eigenvalue weighted by Gasteiger charge is -1.98. The van der Waals surface area contributed by atoms with E-state index in [0.717, 1.165) is 17.2 Å². The van der Waals surface area contributed by atoms with Gasteiger partial charge in [0, 0.05) is 11.4 Å². The maximum Gasteiger partial charge on any atom is 0.0548 e. The molecule has 0 amide bonds. The molecule has 0 aliphatic heterocycles. The van der Waals surface area contributed by atoms with E-state index in [-0.39, 0.29) is 0 Å². The molecule has 0 saturated heterocycles. The van der Waals surface area contributed by atoms with E-state index >= 15 is 0 Å². The van der Waals surface area contributed by atoms with Gasteiger partial charge >= 0.3 is 0 Å². The second-order valence-corrected chi connectivity index (χ2v) is 3.42. The van der Waals surface area contributed by atoms with Crippen LogP contribution in [0, 0.1) is 12.3 Å². The van der Waals surface area contributed by atoms with Crippen LogP contribution in [0.5, 0.6) is 0 Å². The minimum atomic E-state index is 0.768. The van der Waals surface area contributed by atoms with E-state index < -0.39 is 0 Å². The average Bonchev–Trinajstić information content (AvgIpc) is 2.09. The van der Waals surface area contributed by atoms with Crippen molar-refractivity contribution < 1.29 is 0 Å². The first-order chi connectivity index (χ1) is 5.83. The molecule has 2 heteroatoms. The normalized spacial score (nSPS) is 9.25. The molecule has 0 bridgehead atoms. The molecular formula is C10H11NS.